The van der Waals surface area contributed by atoms with E-state index in [2.05, 4.69) is 5.32 Å². The molecule has 0 saturated heterocycles. The van der Waals surface area contributed by atoms with Crippen LogP contribution in [-0.4, -0.2) is 33.3 Å². The molecule has 0 saturated carbocycles. The number of sulfonamides is 1. The van der Waals surface area contributed by atoms with Crippen LogP contribution in [0.25, 0.3) is 10.8 Å². The molecule has 0 spiro atoms. The van der Waals surface area contributed by atoms with Crippen molar-refractivity contribution in [3.05, 3.63) is 36.4 Å². The summed E-state index contributed by atoms with van der Waals surface area (Å²) in [5, 5.41) is 3.40. The molecular weight excluding hydrogens is 376 g/mol. The van der Waals surface area contributed by atoms with Crippen LogP contribution in [0.5, 0.6) is 0 Å². The number of hydrogen-bond donors (Lipinski definition) is 3. The van der Waals surface area contributed by atoms with Crippen LogP contribution in [0.4, 0.5) is 14.5 Å². The van der Waals surface area contributed by atoms with Crippen molar-refractivity contribution < 1.29 is 22.0 Å². The zero-order chi connectivity index (χ0) is 18.0. The Labute approximate surface area is 150 Å². The molecule has 0 unspecified atom stereocenters. The van der Waals surface area contributed by atoms with Gasteiger partial charge >= 0.3 is 0 Å². The Morgan fingerprint density at radius 2 is 1.76 bits per heavy atom. The predicted molar refractivity (Wildman–Crippen MR) is 94.7 cm³/mol. The van der Waals surface area contributed by atoms with Crippen molar-refractivity contribution in [3.63, 3.8) is 0 Å². The molecule has 0 bridgehead atoms. The molecule has 0 atom stereocenters. The summed E-state index contributed by atoms with van der Waals surface area (Å²) in [6.45, 7) is -0.721. The molecule has 2 aromatic carbocycles. The predicted octanol–water partition coefficient (Wildman–Crippen LogP) is 2.09. The van der Waals surface area contributed by atoms with Crippen molar-refractivity contribution in [2.24, 2.45) is 5.73 Å². The highest BCUT2D eigenvalue weighted by atomic mass is 35.5. The molecule has 6 nitrogen and oxygen atoms in total. The number of fused-ring (bicyclic) bond motifs is 1. The quantitative estimate of drug-likeness (QED) is 0.699. The van der Waals surface area contributed by atoms with E-state index in [1.807, 2.05) is 4.72 Å². The van der Waals surface area contributed by atoms with Crippen LogP contribution in [0.15, 0.2) is 41.3 Å². The molecule has 0 heterocycles. The fraction of sp³-hybridized carbons (Fsp3) is 0.267. The Balaban J connectivity index is 0.00000312. The van der Waals surface area contributed by atoms with Crippen LogP contribution >= 0.6 is 12.4 Å². The summed E-state index contributed by atoms with van der Waals surface area (Å²) in [6.07, 6.45) is 0. The van der Waals surface area contributed by atoms with Gasteiger partial charge in [0.1, 0.15) is 0 Å². The van der Waals surface area contributed by atoms with Gasteiger partial charge in [-0.2, -0.15) is 0 Å². The minimum atomic E-state index is -4.17. The third-order valence-corrected chi connectivity index (χ3v) is 4.76. The van der Waals surface area contributed by atoms with Crippen molar-refractivity contribution in [2.45, 2.75) is 17.7 Å². The standard InChI is InChI=1S/C15H17F2N3O3S.ClH/c1-10(21)20-13-6-7-14(12-5-3-2-4-11(12)13)24(22,23)19-9-15(16,17)8-18;/h2-7,19H,8-9,18H2,1H3,(H,20,21);1H. The smallest absolute Gasteiger partial charge is 0.273 e. The van der Waals surface area contributed by atoms with Crippen molar-refractivity contribution in [3.8, 4) is 0 Å². The Hall–Kier alpha value is -1.81. The van der Waals surface area contributed by atoms with Gasteiger partial charge in [0, 0.05) is 23.4 Å². The van der Waals surface area contributed by atoms with E-state index in [1.54, 1.807) is 18.2 Å². The molecule has 0 aliphatic carbocycles. The summed E-state index contributed by atoms with van der Waals surface area (Å²) < 4.78 is 53.1. The minimum Gasteiger partial charge on any atom is -0.326 e. The Bertz CT molecular complexity index is 875. The summed E-state index contributed by atoms with van der Waals surface area (Å²) >= 11 is 0. The van der Waals surface area contributed by atoms with E-state index in [9.17, 15) is 22.0 Å². The van der Waals surface area contributed by atoms with Crippen LogP contribution in [0.3, 0.4) is 0 Å². The highest BCUT2D eigenvalue weighted by molar-refractivity contribution is 7.89. The molecule has 2 aromatic rings. The van der Waals surface area contributed by atoms with Gasteiger partial charge in [0.05, 0.1) is 18.0 Å². The fourth-order valence-electron chi connectivity index (χ4n) is 2.15. The molecule has 138 valence electrons. The molecular formula is C15H18ClF2N3O3S. The Morgan fingerprint density at radius 1 is 1.16 bits per heavy atom. The molecule has 2 rings (SSSR count). The number of anilines is 1. The van der Waals surface area contributed by atoms with Crippen LogP contribution in [0, 0.1) is 0 Å². The van der Waals surface area contributed by atoms with Crippen molar-refractivity contribution in [1.29, 1.82) is 0 Å². The average molecular weight is 394 g/mol. The van der Waals surface area contributed by atoms with Gasteiger partial charge in [-0.15, -0.1) is 12.4 Å². The molecule has 0 aliphatic heterocycles. The van der Waals surface area contributed by atoms with Gasteiger partial charge in [-0.05, 0) is 12.1 Å². The van der Waals surface area contributed by atoms with Crippen molar-refractivity contribution >= 4 is 44.8 Å². The molecule has 10 heteroatoms. The van der Waals surface area contributed by atoms with Crippen LogP contribution in [-0.2, 0) is 14.8 Å². The minimum absolute atomic E-state index is 0. The van der Waals surface area contributed by atoms with E-state index in [0.717, 1.165) is 0 Å². The number of carbonyl (C=O) groups is 1. The number of benzene rings is 2. The Kier molecular flexibility index (Phi) is 6.83. The SMILES string of the molecule is CC(=O)Nc1ccc(S(=O)(=O)NCC(F)(F)CN)c2ccccc12.Cl. The topological polar surface area (TPSA) is 101 Å². The maximum absolute atomic E-state index is 13.2. The fourth-order valence-corrected chi connectivity index (χ4v) is 3.43. The van der Waals surface area contributed by atoms with Gasteiger partial charge in [0.25, 0.3) is 5.92 Å². The first kappa shape index (κ1) is 21.2. The van der Waals surface area contributed by atoms with E-state index in [0.29, 0.717) is 16.5 Å². The second kappa shape index (κ2) is 8.05. The second-order valence-electron chi connectivity index (χ2n) is 5.22. The monoisotopic (exact) mass is 393 g/mol. The number of nitrogens with one attached hydrogen (secondary N) is 2. The van der Waals surface area contributed by atoms with E-state index in [4.69, 9.17) is 5.73 Å². The first-order valence-electron chi connectivity index (χ1n) is 7.03. The number of rotatable bonds is 6. The zero-order valence-corrected chi connectivity index (χ0v) is 14.9. The van der Waals surface area contributed by atoms with E-state index in [-0.39, 0.29) is 23.2 Å². The van der Waals surface area contributed by atoms with Gasteiger partial charge < -0.3 is 11.1 Å². The molecule has 0 aliphatic rings. The number of alkyl halides is 2. The molecule has 4 N–H and O–H groups in total. The molecule has 25 heavy (non-hydrogen) atoms. The van der Waals surface area contributed by atoms with Gasteiger partial charge in [-0.3, -0.25) is 4.79 Å². The summed E-state index contributed by atoms with van der Waals surface area (Å²) in [7, 11) is -4.17. The van der Waals surface area contributed by atoms with Crippen LogP contribution < -0.4 is 15.8 Å². The van der Waals surface area contributed by atoms with Gasteiger partial charge in [0.15, 0.2) is 0 Å². The normalized spacial score (nSPS) is 11.8. The first-order valence-corrected chi connectivity index (χ1v) is 8.51. The first-order chi connectivity index (χ1) is 11.2. The third kappa shape index (κ3) is 5.08. The lowest BCUT2D eigenvalue weighted by molar-refractivity contribution is -0.114. The van der Waals surface area contributed by atoms with E-state index >= 15 is 0 Å². The highest BCUT2D eigenvalue weighted by Gasteiger charge is 2.30. The molecule has 1 amide bonds. The lowest BCUT2D eigenvalue weighted by Gasteiger charge is -2.16. The second-order valence-corrected chi connectivity index (χ2v) is 6.96. The van der Waals surface area contributed by atoms with Crippen LogP contribution in [0.1, 0.15) is 6.92 Å². The van der Waals surface area contributed by atoms with Gasteiger partial charge in [-0.1, -0.05) is 24.3 Å². The largest absolute Gasteiger partial charge is 0.326 e. The zero-order valence-electron chi connectivity index (χ0n) is 13.3. The van der Waals surface area contributed by atoms with Crippen molar-refractivity contribution in [2.75, 3.05) is 18.4 Å². The molecule has 0 fully saturated rings. The summed E-state index contributed by atoms with van der Waals surface area (Å²) in [4.78, 5) is 11.1. The van der Waals surface area contributed by atoms with Crippen LogP contribution in [0.2, 0.25) is 0 Å². The number of halogens is 3. The summed E-state index contributed by atoms with van der Waals surface area (Å²) in [5.74, 6) is -3.64. The van der Waals surface area contributed by atoms with E-state index < -0.39 is 29.0 Å². The number of nitrogens with two attached hydrogens (primary N) is 1. The lowest BCUT2D eigenvalue weighted by atomic mass is 10.1. The maximum atomic E-state index is 13.2. The molecule has 0 radical (unpaired) electrons. The number of hydrogen-bond acceptors (Lipinski definition) is 4. The third-order valence-electron chi connectivity index (χ3n) is 3.30. The van der Waals surface area contributed by atoms with E-state index in [1.165, 1.54) is 25.1 Å². The number of carbonyl (C=O) groups excluding carboxylic acids is 1. The lowest BCUT2D eigenvalue weighted by Crippen LogP contribution is -2.41. The maximum Gasteiger partial charge on any atom is 0.273 e. The highest BCUT2D eigenvalue weighted by Crippen LogP contribution is 2.29. The van der Waals surface area contributed by atoms with Gasteiger partial charge in [0.2, 0.25) is 15.9 Å². The summed E-state index contributed by atoms with van der Waals surface area (Å²) in [5.41, 5.74) is 5.34. The summed E-state index contributed by atoms with van der Waals surface area (Å²) in [6, 6.07) is 9.15. The molecule has 0 aromatic heterocycles. The van der Waals surface area contributed by atoms with Crippen molar-refractivity contribution in [1.82, 2.24) is 4.72 Å². The Morgan fingerprint density at radius 3 is 2.32 bits per heavy atom. The van der Waals surface area contributed by atoms with Gasteiger partial charge in [-0.25, -0.2) is 21.9 Å². The number of amides is 1. The average Bonchev–Trinajstić information content (AvgIpc) is 2.53.